The Morgan fingerprint density at radius 1 is 1.12 bits per heavy atom. The molecule has 9 nitrogen and oxygen atoms in total. The molecule has 0 aromatic heterocycles. The molecule has 0 unspecified atom stereocenters. The maximum Gasteiger partial charge on any atom is 0.410 e. The number of hydrogen-bond acceptors (Lipinski definition) is 8. The second-order valence-corrected chi connectivity index (χ2v) is 12.0. The number of likely N-dealkylation sites (N-methyl/N-ethyl adjacent to an activating group) is 2. The van der Waals surface area contributed by atoms with Gasteiger partial charge in [-0.05, 0) is 62.1 Å². The van der Waals surface area contributed by atoms with Crippen molar-refractivity contribution in [2.24, 2.45) is 11.8 Å². The first-order chi connectivity index (χ1) is 19.6. The molecule has 9 heteroatoms. The second-order valence-electron chi connectivity index (χ2n) is 12.0. The normalized spacial score (nSPS) is 29.9. The quantitative estimate of drug-likeness (QED) is 0.421. The number of aliphatic hydroxyl groups is 1. The minimum absolute atomic E-state index is 0.0177. The first-order valence-corrected chi connectivity index (χ1v) is 14.9. The van der Waals surface area contributed by atoms with Gasteiger partial charge in [0, 0.05) is 44.8 Å². The maximum atomic E-state index is 13.0. The standard InChI is InChI=1S/C32H47N3O6/c1-22-9-11-28(36)19-30(37)41-31(23(2)10-12-29(22)40-32(38)35-15-13-33(4)14-16-35)24(3)17-25-7-6-8-26(18-25)34(5)27-20-39-21-27/h6-8,10,12,17-18,22-23,27-29,31,36H,9,11,13-16,19-21H2,1-5H3/b12-10+,24-17+/t22-,23-,28+,29+,31-/m0/s1. The molecule has 2 saturated heterocycles. The molecule has 0 radical (unpaired) electrons. The summed E-state index contributed by atoms with van der Waals surface area (Å²) in [5.74, 6) is -0.613. The van der Waals surface area contributed by atoms with E-state index in [1.54, 1.807) is 4.90 Å². The van der Waals surface area contributed by atoms with Crippen molar-refractivity contribution < 1.29 is 28.9 Å². The molecule has 1 aromatic carbocycles. The highest BCUT2D eigenvalue weighted by molar-refractivity contribution is 5.71. The van der Waals surface area contributed by atoms with Crippen molar-refractivity contribution in [2.45, 2.75) is 64.4 Å². The zero-order valence-electron chi connectivity index (χ0n) is 25.2. The lowest BCUT2D eigenvalue weighted by Gasteiger charge is -2.36. The number of carbonyl (C=O) groups is 2. The lowest BCUT2D eigenvalue weighted by molar-refractivity contribution is -0.151. The van der Waals surface area contributed by atoms with Crippen LogP contribution in [0.2, 0.25) is 0 Å². The molecule has 1 N–H and O–H groups in total. The monoisotopic (exact) mass is 569 g/mol. The Labute approximate surface area is 244 Å². The van der Waals surface area contributed by atoms with E-state index in [1.807, 2.05) is 58.2 Å². The summed E-state index contributed by atoms with van der Waals surface area (Å²) in [5.41, 5.74) is 3.01. The van der Waals surface area contributed by atoms with Crippen LogP contribution in [-0.2, 0) is 19.0 Å². The van der Waals surface area contributed by atoms with Crippen molar-refractivity contribution in [3.05, 3.63) is 47.6 Å². The Morgan fingerprint density at radius 3 is 2.54 bits per heavy atom. The molecule has 3 heterocycles. The van der Waals surface area contributed by atoms with E-state index in [9.17, 15) is 14.7 Å². The van der Waals surface area contributed by atoms with Crippen LogP contribution < -0.4 is 4.90 Å². The number of anilines is 1. The van der Waals surface area contributed by atoms with Gasteiger partial charge in [-0.25, -0.2) is 4.79 Å². The number of benzene rings is 1. The van der Waals surface area contributed by atoms with Crippen molar-refractivity contribution in [1.82, 2.24) is 9.80 Å². The summed E-state index contributed by atoms with van der Waals surface area (Å²) < 4.78 is 17.3. The van der Waals surface area contributed by atoms with Crippen LogP contribution in [0.5, 0.6) is 0 Å². The largest absolute Gasteiger partial charge is 0.457 e. The van der Waals surface area contributed by atoms with E-state index >= 15 is 0 Å². The predicted molar refractivity (Wildman–Crippen MR) is 160 cm³/mol. The van der Waals surface area contributed by atoms with Gasteiger partial charge in [0.05, 0.1) is 31.8 Å². The molecule has 3 aliphatic rings. The molecule has 3 aliphatic heterocycles. The van der Waals surface area contributed by atoms with Gasteiger partial charge in [-0.15, -0.1) is 0 Å². The summed E-state index contributed by atoms with van der Waals surface area (Å²) in [6.07, 6.45) is 4.85. The molecular formula is C32H47N3O6. The molecule has 0 saturated carbocycles. The number of esters is 1. The first-order valence-electron chi connectivity index (χ1n) is 14.9. The number of carbonyl (C=O) groups excluding carboxylic acids is 2. The Balaban J connectivity index is 1.53. The minimum Gasteiger partial charge on any atom is -0.457 e. The zero-order chi connectivity index (χ0) is 29.5. The van der Waals surface area contributed by atoms with E-state index in [0.29, 0.717) is 32.0 Å². The van der Waals surface area contributed by atoms with Crippen molar-refractivity contribution in [2.75, 3.05) is 58.4 Å². The van der Waals surface area contributed by atoms with E-state index in [0.717, 1.165) is 43.1 Å². The number of amides is 1. The maximum absolute atomic E-state index is 13.0. The fourth-order valence-electron chi connectivity index (χ4n) is 5.47. The Morgan fingerprint density at radius 2 is 1.85 bits per heavy atom. The lowest BCUT2D eigenvalue weighted by atomic mass is 9.91. The lowest BCUT2D eigenvalue weighted by Crippen LogP contribution is -2.48. The van der Waals surface area contributed by atoms with Gasteiger partial charge in [-0.3, -0.25) is 4.79 Å². The number of nitrogens with zero attached hydrogens (tertiary/aromatic N) is 3. The minimum atomic E-state index is -0.815. The molecule has 226 valence electrons. The average Bonchev–Trinajstić information content (AvgIpc) is 2.91. The highest BCUT2D eigenvalue weighted by atomic mass is 16.6. The highest BCUT2D eigenvalue weighted by Crippen LogP contribution is 2.27. The summed E-state index contributed by atoms with van der Waals surface area (Å²) in [6, 6.07) is 8.64. The summed E-state index contributed by atoms with van der Waals surface area (Å²) >= 11 is 0. The Bertz CT molecular complexity index is 1090. The zero-order valence-corrected chi connectivity index (χ0v) is 25.2. The highest BCUT2D eigenvalue weighted by Gasteiger charge is 2.29. The van der Waals surface area contributed by atoms with Crippen LogP contribution in [0.1, 0.15) is 45.6 Å². The van der Waals surface area contributed by atoms with Crippen LogP contribution in [0.25, 0.3) is 6.08 Å². The number of rotatable bonds is 5. The molecule has 4 rings (SSSR count). The number of ether oxygens (including phenoxy) is 3. The third-order valence-corrected chi connectivity index (χ3v) is 8.55. The van der Waals surface area contributed by atoms with Crippen LogP contribution >= 0.6 is 0 Å². The van der Waals surface area contributed by atoms with Gasteiger partial charge < -0.3 is 34.0 Å². The molecule has 0 bridgehead atoms. The van der Waals surface area contributed by atoms with E-state index in [1.165, 1.54) is 0 Å². The SMILES string of the molecule is C/C(=C\c1cccc(N(C)C2COC2)c1)[C@H]1OC(=O)C[C@H](O)CC[C@H](C)[C@H](OC(=O)N2CCN(C)CC2)/C=C/[C@@H]1C. The van der Waals surface area contributed by atoms with E-state index in [4.69, 9.17) is 14.2 Å². The summed E-state index contributed by atoms with van der Waals surface area (Å²) in [7, 11) is 4.12. The number of piperazine rings is 1. The Hall–Kier alpha value is -2.88. The van der Waals surface area contributed by atoms with Crippen molar-refractivity contribution in [3.63, 3.8) is 0 Å². The van der Waals surface area contributed by atoms with E-state index in [2.05, 4.69) is 29.0 Å². The molecule has 0 aliphatic carbocycles. The van der Waals surface area contributed by atoms with Gasteiger partial charge in [0.15, 0.2) is 0 Å². The fraction of sp³-hybridized carbons (Fsp3) is 0.625. The van der Waals surface area contributed by atoms with E-state index in [-0.39, 0.29) is 24.3 Å². The van der Waals surface area contributed by atoms with Crippen LogP contribution in [0.15, 0.2) is 42.0 Å². The van der Waals surface area contributed by atoms with Crippen molar-refractivity contribution in [1.29, 1.82) is 0 Å². The van der Waals surface area contributed by atoms with Gasteiger partial charge in [-0.1, -0.05) is 38.1 Å². The topological polar surface area (TPSA) is 91.8 Å². The third-order valence-electron chi connectivity index (χ3n) is 8.55. The van der Waals surface area contributed by atoms with Crippen molar-refractivity contribution >= 4 is 23.8 Å². The summed E-state index contributed by atoms with van der Waals surface area (Å²) in [5, 5.41) is 10.6. The van der Waals surface area contributed by atoms with E-state index < -0.39 is 24.3 Å². The predicted octanol–water partition coefficient (Wildman–Crippen LogP) is 3.96. The Kier molecular flexibility index (Phi) is 10.9. The molecule has 1 amide bonds. The van der Waals surface area contributed by atoms with Crippen LogP contribution in [0.3, 0.4) is 0 Å². The number of hydrogen-bond donors (Lipinski definition) is 1. The molecule has 2 fully saturated rings. The van der Waals surface area contributed by atoms with Crippen LogP contribution in [-0.4, -0.2) is 105 Å². The summed E-state index contributed by atoms with van der Waals surface area (Å²) in [4.78, 5) is 32.0. The van der Waals surface area contributed by atoms with Gasteiger partial charge >= 0.3 is 12.1 Å². The average molecular weight is 570 g/mol. The molecular weight excluding hydrogens is 522 g/mol. The third kappa shape index (κ3) is 8.56. The number of aliphatic hydroxyl groups excluding tert-OH is 1. The smallest absolute Gasteiger partial charge is 0.410 e. The molecule has 5 atom stereocenters. The van der Waals surface area contributed by atoms with Crippen molar-refractivity contribution in [3.8, 4) is 0 Å². The number of cyclic esters (lactones) is 1. The fourth-order valence-corrected chi connectivity index (χ4v) is 5.47. The molecule has 1 aromatic rings. The molecule has 41 heavy (non-hydrogen) atoms. The summed E-state index contributed by atoms with van der Waals surface area (Å²) in [6.45, 7) is 10.4. The van der Waals surface area contributed by atoms with Crippen LogP contribution in [0, 0.1) is 11.8 Å². The second kappa shape index (κ2) is 14.3. The molecule has 0 spiro atoms. The van der Waals surface area contributed by atoms with Gasteiger partial charge in [0.2, 0.25) is 0 Å². The first kappa shape index (κ1) is 31.1. The van der Waals surface area contributed by atoms with Gasteiger partial charge in [0.1, 0.15) is 12.2 Å². The van der Waals surface area contributed by atoms with Gasteiger partial charge in [0.25, 0.3) is 0 Å². The van der Waals surface area contributed by atoms with Gasteiger partial charge in [-0.2, -0.15) is 0 Å². The van der Waals surface area contributed by atoms with Crippen LogP contribution in [0.4, 0.5) is 10.5 Å².